The normalized spacial score (nSPS) is 10.9. The SMILES string of the molecule is Cc1cc(Nc2nc(Nc3ccccc3CCO)nc3ccccc23)n[nH]1. The number of benzene rings is 2. The molecule has 4 N–H and O–H groups in total. The molecule has 0 atom stereocenters. The Bertz CT molecular complexity index is 1070. The summed E-state index contributed by atoms with van der Waals surface area (Å²) in [6.45, 7) is 2.03. The summed E-state index contributed by atoms with van der Waals surface area (Å²) in [5.74, 6) is 1.85. The molecule has 0 saturated carbocycles. The van der Waals surface area contributed by atoms with Crippen LogP contribution in [0.15, 0.2) is 54.6 Å². The van der Waals surface area contributed by atoms with Crippen LogP contribution in [0.5, 0.6) is 0 Å². The van der Waals surface area contributed by atoms with E-state index in [1.807, 2.05) is 61.5 Å². The van der Waals surface area contributed by atoms with E-state index in [-0.39, 0.29) is 6.61 Å². The Kier molecular flexibility index (Phi) is 4.67. The lowest BCUT2D eigenvalue weighted by Crippen LogP contribution is -2.04. The Hall–Kier alpha value is -3.45. The van der Waals surface area contributed by atoms with Crippen molar-refractivity contribution >= 4 is 34.2 Å². The molecule has 7 heteroatoms. The van der Waals surface area contributed by atoms with Gasteiger partial charge in [-0.25, -0.2) is 4.98 Å². The average molecular weight is 360 g/mol. The van der Waals surface area contributed by atoms with E-state index in [0.29, 0.717) is 24.0 Å². The number of hydrogen-bond acceptors (Lipinski definition) is 6. The number of aromatic amines is 1. The number of nitrogens with one attached hydrogen (secondary N) is 3. The van der Waals surface area contributed by atoms with Crippen LogP contribution in [0.4, 0.5) is 23.3 Å². The third kappa shape index (κ3) is 3.73. The molecule has 136 valence electrons. The fourth-order valence-electron chi connectivity index (χ4n) is 2.93. The molecule has 27 heavy (non-hydrogen) atoms. The zero-order valence-electron chi connectivity index (χ0n) is 14.9. The molecule has 7 nitrogen and oxygen atoms in total. The first-order chi connectivity index (χ1) is 13.2. The summed E-state index contributed by atoms with van der Waals surface area (Å²) >= 11 is 0. The van der Waals surface area contributed by atoms with Crippen molar-refractivity contribution in [1.29, 1.82) is 0 Å². The van der Waals surface area contributed by atoms with E-state index in [1.54, 1.807) is 0 Å². The number of hydrogen-bond donors (Lipinski definition) is 4. The zero-order valence-corrected chi connectivity index (χ0v) is 14.9. The minimum Gasteiger partial charge on any atom is -0.396 e. The van der Waals surface area contributed by atoms with Gasteiger partial charge >= 0.3 is 0 Å². The number of H-pyrrole nitrogens is 1. The molecule has 0 radical (unpaired) electrons. The maximum Gasteiger partial charge on any atom is 0.229 e. The summed E-state index contributed by atoms with van der Waals surface area (Å²) in [7, 11) is 0. The van der Waals surface area contributed by atoms with Crippen molar-refractivity contribution in [2.75, 3.05) is 17.2 Å². The minimum atomic E-state index is 0.0859. The highest BCUT2D eigenvalue weighted by Gasteiger charge is 2.10. The smallest absolute Gasteiger partial charge is 0.229 e. The summed E-state index contributed by atoms with van der Waals surface area (Å²) in [5.41, 5.74) is 3.68. The van der Waals surface area contributed by atoms with E-state index >= 15 is 0 Å². The standard InChI is InChI=1S/C20H20N6O/c1-13-12-18(26-25-13)23-19-15-7-3-5-9-17(15)22-20(24-19)21-16-8-4-2-6-14(16)10-11-27/h2-9,12,27H,10-11H2,1H3,(H3,21,22,23,24,25,26). The summed E-state index contributed by atoms with van der Waals surface area (Å²) in [5, 5.41) is 23.9. The van der Waals surface area contributed by atoms with Crippen LogP contribution in [0.25, 0.3) is 10.9 Å². The first-order valence-electron chi connectivity index (χ1n) is 8.74. The number of aliphatic hydroxyl groups excluding tert-OH is 1. The van der Waals surface area contributed by atoms with Crippen molar-refractivity contribution < 1.29 is 5.11 Å². The second-order valence-electron chi connectivity index (χ2n) is 6.23. The quantitative estimate of drug-likeness (QED) is 0.419. The van der Waals surface area contributed by atoms with Crippen LogP contribution in [-0.2, 0) is 6.42 Å². The molecule has 0 amide bonds. The molecule has 0 saturated heterocycles. The third-order valence-corrected chi connectivity index (χ3v) is 4.20. The molecule has 2 aromatic heterocycles. The van der Waals surface area contributed by atoms with E-state index in [4.69, 9.17) is 0 Å². The van der Waals surface area contributed by atoms with Crippen molar-refractivity contribution in [1.82, 2.24) is 20.2 Å². The van der Waals surface area contributed by atoms with Gasteiger partial charge in [-0.05, 0) is 37.1 Å². The lowest BCUT2D eigenvalue weighted by Gasteiger charge is -2.13. The van der Waals surface area contributed by atoms with Gasteiger partial charge < -0.3 is 15.7 Å². The predicted octanol–water partition coefficient (Wildman–Crippen LogP) is 3.68. The Morgan fingerprint density at radius 1 is 1.00 bits per heavy atom. The van der Waals surface area contributed by atoms with Gasteiger partial charge in [-0.15, -0.1) is 0 Å². The molecule has 4 aromatic rings. The first kappa shape index (κ1) is 17.0. The Morgan fingerprint density at radius 3 is 2.63 bits per heavy atom. The molecule has 0 spiro atoms. The molecule has 2 heterocycles. The molecule has 0 aliphatic rings. The van der Waals surface area contributed by atoms with Gasteiger partial charge in [0.2, 0.25) is 5.95 Å². The van der Waals surface area contributed by atoms with Crippen LogP contribution in [0.3, 0.4) is 0 Å². The third-order valence-electron chi connectivity index (χ3n) is 4.20. The van der Waals surface area contributed by atoms with Crippen LogP contribution in [0.2, 0.25) is 0 Å². The first-order valence-corrected chi connectivity index (χ1v) is 8.74. The Balaban J connectivity index is 1.73. The minimum absolute atomic E-state index is 0.0859. The number of aryl methyl sites for hydroxylation is 1. The second kappa shape index (κ2) is 7.43. The monoisotopic (exact) mass is 360 g/mol. The maximum atomic E-state index is 9.28. The molecule has 0 aliphatic heterocycles. The Labute approximate surface area is 156 Å². The maximum absolute atomic E-state index is 9.28. The molecule has 0 unspecified atom stereocenters. The number of aromatic nitrogens is 4. The van der Waals surface area contributed by atoms with Gasteiger partial charge in [-0.1, -0.05) is 30.3 Å². The van der Waals surface area contributed by atoms with Gasteiger partial charge in [0.1, 0.15) is 5.82 Å². The molecular weight excluding hydrogens is 340 g/mol. The molecule has 4 rings (SSSR count). The second-order valence-corrected chi connectivity index (χ2v) is 6.23. The van der Waals surface area contributed by atoms with Crippen molar-refractivity contribution in [2.24, 2.45) is 0 Å². The lowest BCUT2D eigenvalue weighted by atomic mass is 10.1. The fourth-order valence-corrected chi connectivity index (χ4v) is 2.93. The van der Waals surface area contributed by atoms with Gasteiger partial charge in [0.15, 0.2) is 5.82 Å². The van der Waals surface area contributed by atoms with E-state index < -0.39 is 0 Å². The molecule has 0 fully saturated rings. The molecule has 2 aromatic carbocycles. The zero-order chi connectivity index (χ0) is 18.6. The van der Waals surface area contributed by atoms with Gasteiger partial charge in [-0.2, -0.15) is 10.1 Å². The summed E-state index contributed by atoms with van der Waals surface area (Å²) in [6, 6.07) is 17.6. The number of rotatable bonds is 6. The number of anilines is 4. The molecule has 0 aliphatic carbocycles. The topological polar surface area (TPSA) is 98.8 Å². The largest absolute Gasteiger partial charge is 0.396 e. The number of fused-ring (bicyclic) bond motifs is 1. The van der Waals surface area contributed by atoms with Crippen molar-refractivity contribution in [3.63, 3.8) is 0 Å². The van der Waals surface area contributed by atoms with Crippen LogP contribution < -0.4 is 10.6 Å². The van der Waals surface area contributed by atoms with E-state index in [0.717, 1.165) is 27.8 Å². The van der Waals surface area contributed by atoms with Crippen molar-refractivity contribution in [3.8, 4) is 0 Å². The van der Waals surface area contributed by atoms with Crippen molar-refractivity contribution in [3.05, 3.63) is 65.9 Å². The number of para-hydroxylation sites is 2. The summed E-state index contributed by atoms with van der Waals surface area (Å²) in [6.07, 6.45) is 0.564. The lowest BCUT2D eigenvalue weighted by molar-refractivity contribution is 0.300. The van der Waals surface area contributed by atoms with E-state index in [1.165, 1.54) is 0 Å². The van der Waals surface area contributed by atoms with Crippen LogP contribution in [-0.4, -0.2) is 31.9 Å². The molecule has 0 bridgehead atoms. The average Bonchev–Trinajstić information content (AvgIpc) is 3.08. The molecular formula is C20H20N6O. The van der Waals surface area contributed by atoms with Gasteiger partial charge in [0.25, 0.3) is 0 Å². The highest BCUT2D eigenvalue weighted by atomic mass is 16.2. The van der Waals surface area contributed by atoms with Crippen LogP contribution in [0.1, 0.15) is 11.3 Å². The summed E-state index contributed by atoms with van der Waals surface area (Å²) < 4.78 is 0. The van der Waals surface area contributed by atoms with Crippen LogP contribution in [0, 0.1) is 6.92 Å². The van der Waals surface area contributed by atoms with Gasteiger partial charge in [-0.3, -0.25) is 5.10 Å². The Morgan fingerprint density at radius 2 is 1.81 bits per heavy atom. The number of nitrogens with zero attached hydrogens (tertiary/aromatic N) is 3. The van der Waals surface area contributed by atoms with Gasteiger partial charge in [0.05, 0.1) is 5.52 Å². The fraction of sp³-hybridized carbons (Fsp3) is 0.150. The van der Waals surface area contributed by atoms with E-state index in [9.17, 15) is 5.11 Å². The summed E-state index contributed by atoms with van der Waals surface area (Å²) in [4.78, 5) is 9.28. The van der Waals surface area contributed by atoms with Gasteiger partial charge in [0, 0.05) is 29.4 Å². The highest BCUT2D eigenvalue weighted by Crippen LogP contribution is 2.27. The predicted molar refractivity (Wildman–Crippen MR) is 107 cm³/mol. The number of aliphatic hydroxyl groups is 1. The highest BCUT2D eigenvalue weighted by molar-refractivity contribution is 5.91. The van der Waals surface area contributed by atoms with Crippen molar-refractivity contribution in [2.45, 2.75) is 13.3 Å². The van der Waals surface area contributed by atoms with E-state index in [2.05, 4.69) is 30.8 Å². The van der Waals surface area contributed by atoms with Crippen LogP contribution >= 0.6 is 0 Å².